The maximum absolute atomic E-state index is 10.3. The number of rotatable bonds is 11. The van der Waals surface area contributed by atoms with Gasteiger partial charge in [-0.25, -0.2) is 4.79 Å². The molecule has 2 aromatic rings. The number of aliphatic hydroxyl groups is 2. The fourth-order valence-electron chi connectivity index (χ4n) is 2.83. The molecule has 0 aliphatic carbocycles. The van der Waals surface area contributed by atoms with Crippen molar-refractivity contribution in [3.63, 3.8) is 0 Å². The average Bonchev–Trinajstić information content (AvgIpc) is 3.21. The zero-order chi connectivity index (χ0) is 24.5. The molecule has 0 fully saturated rings. The minimum Gasteiger partial charge on any atom is -0.481 e. The third kappa shape index (κ3) is 9.88. The van der Waals surface area contributed by atoms with Crippen molar-refractivity contribution in [2.24, 2.45) is 0 Å². The molecule has 2 aromatic heterocycles. The molecular formula is C21H29NO8S2. The van der Waals surface area contributed by atoms with Crippen LogP contribution >= 0.6 is 22.7 Å². The number of hydrogen-bond acceptors (Lipinski definition) is 8. The molecule has 0 aliphatic heterocycles. The zero-order valence-electron chi connectivity index (χ0n) is 18.1. The van der Waals surface area contributed by atoms with Gasteiger partial charge >= 0.3 is 17.9 Å². The fraction of sp³-hybridized carbons (Fsp3) is 0.476. The first-order chi connectivity index (χ1) is 14.8. The second-order valence-corrected chi connectivity index (χ2v) is 9.91. The number of thiophene rings is 2. The lowest BCUT2D eigenvalue weighted by Gasteiger charge is -2.23. The number of carbonyl (C=O) groups is 3. The zero-order valence-corrected chi connectivity index (χ0v) is 19.8. The highest BCUT2D eigenvalue weighted by Gasteiger charge is 2.40. The normalized spacial score (nSPS) is 12.2. The Labute approximate surface area is 194 Å². The lowest BCUT2D eigenvalue weighted by atomic mass is 9.96. The van der Waals surface area contributed by atoms with Crippen LogP contribution in [0.15, 0.2) is 23.6 Å². The van der Waals surface area contributed by atoms with Crippen LogP contribution in [0.2, 0.25) is 0 Å². The Balaban J connectivity index is 0.000000347. The number of carboxylic acids is 3. The summed E-state index contributed by atoms with van der Waals surface area (Å²) >= 11 is 3.64. The van der Waals surface area contributed by atoms with Crippen LogP contribution in [0.3, 0.4) is 0 Å². The van der Waals surface area contributed by atoms with Crippen LogP contribution in [0.1, 0.15) is 40.0 Å². The standard InChI is InChI=1S/C15H21NOS2.C6H8O7/c1-11-6-7-18-15(11)10-16(8-12(2)17)9-14-5-4-13(3)19-14;7-3(8)1-6(13,5(11)12)2-4(9)10/h4-7,12,17H,8-10H2,1-3H3;13H,1-2H2,(H,7,8)(H,9,10)(H,11,12). The molecule has 11 heteroatoms. The highest BCUT2D eigenvalue weighted by atomic mass is 32.1. The minimum absolute atomic E-state index is 0.290. The van der Waals surface area contributed by atoms with Crippen molar-refractivity contribution < 1.29 is 39.9 Å². The van der Waals surface area contributed by atoms with E-state index in [0.717, 1.165) is 13.1 Å². The molecule has 0 aromatic carbocycles. The Hall–Kier alpha value is -2.31. The van der Waals surface area contributed by atoms with Gasteiger partial charge in [0.1, 0.15) is 0 Å². The number of hydrogen-bond donors (Lipinski definition) is 5. The summed E-state index contributed by atoms with van der Waals surface area (Å²) in [5.41, 5.74) is -1.39. The Morgan fingerprint density at radius 1 is 1.03 bits per heavy atom. The van der Waals surface area contributed by atoms with E-state index in [1.807, 2.05) is 18.3 Å². The number of carboxylic acid groups (broad SMARTS) is 3. The van der Waals surface area contributed by atoms with Crippen molar-refractivity contribution >= 4 is 40.6 Å². The molecule has 0 radical (unpaired) electrons. The van der Waals surface area contributed by atoms with Crippen LogP contribution in [0.25, 0.3) is 0 Å². The van der Waals surface area contributed by atoms with Gasteiger partial charge in [0.05, 0.1) is 18.9 Å². The van der Waals surface area contributed by atoms with E-state index in [0.29, 0.717) is 6.54 Å². The molecule has 2 rings (SSSR count). The first-order valence-corrected chi connectivity index (χ1v) is 11.4. The minimum atomic E-state index is -2.74. The Bertz CT molecular complexity index is 889. The van der Waals surface area contributed by atoms with Gasteiger partial charge in [-0.15, -0.1) is 22.7 Å². The Kier molecular flexibility index (Phi) is 11.0. The molecule has 5 N–H and O–H groups in total. The average molecular weight is 488 g/mol. The number of aryl methyl sites for hydroxylation is 2. The highest BCUT2D eigenvalue weighted by Crippen LogP contribution is 2.22. The van der Waals surface area contributed by atoms with Crippen molar-refractivity contribution in [2.75, 3.05) is 6.54 Å². The quantitative estimate of drug-likeness (QED) is 0.321. The first-order valence-electron chi connectivity index (χ1n) is 9.70. The van der Waals surface area contributed by atoms with E-state index in [9.17, 15) is 19.5 Å². The molecule has 32 heavy (non-hydrogen) atoms. The van der Waals surface area contributed by atoms with Crippen LogP contribution in [-0.2, 0) is 27.5 Å². The fourth-order valence-corrected chi connectivity index (χ4v) is 4.71. The van der Waals surface area contributed by atoms with Gasteiger partial charge in [-0.2, -0.15) is 0 Å². The maximum atomic E-state index is 10.3. The summed E-state index contributed by atoms with van der Waals surface area (Å²) < 4.78 is 0. The van der Waals surface area contributed by atoms with Gasteiger partial charge in [0.25, 0.3) is 0 Å². The summed E-state index contributed by atoms with van der Waals surface area (Å²) in [6.45, 7) is 8.70. The molecule has 0 saturated carbocycles. The van der Waals surface area contributed by atoms with E-state index in [2.05, 4.69) is 42.3 Å². The number of nitrogens with zero attached hydrogens (tertiary/aromatic N) is 1. The maximum Gasteiger partial charge on any atom is 0.336 e. The van der Waals surface area contributed by atoms with E-state index in [1.165, 1.54) is 20.2 Å². The van der Waals surface area contributed by atoms with E-state index in [-0.39, 0.29) is 6.10 Å². The molecule has 178 valence electrons. The van der Waals surface area contributed by atoms with E-state index in [4.69, 9.17) is 20.4 Å². The van der Waals surface area contributed by atoms with Crippen molar-refractivity contribution in [3.8, 4) is 0 Å². The monoisotopic (exact) mass is 487 g/mol. The van der Waals surface area contributed by atoms with Gasteiger partial charge in [-0.3, -0.25) is 14.5 Å². The number of aliphatic hydroxyl groups excluding tert-OH is 1. The highest BCUT2D eigenvalue weighted by molar-refractivity contribution is 7.11. The van der Waals surface area contributed by atoms with Crippen LogP contribution in [0, 0.1) is 13.8 Å². The topological polar surface area (TPSA) is 156 Å². The predicted octanol–water partition coefficient (Wildman–Crippen LogP) is 2.56. The Morgan fingerprint density at radius 2 is 1.62 bits per heavy atom. The van der Waals surface area contributed by atoms with Gasteiger partial charge in [-0.05, 0) is 49.9 Å². The molecular weight excluding hydrogens is 458 g/mol. The van der Waals surface area contributed by atoms with E-state index >= 15 is 0 Å². The van der Waals surface area contributed by atoms with E-state index < -0.39 is 36.4 Å². The molecule has 1 atom stereocenters. The van der Waals surface area contributed by atoms with Crippen molar-refractivity contribution in [3.05, 3.63) is 43.8 Å². The third-order valence-electron chi connectivity index (χ3n) is 4.32. The molecule has 0 bridgehead atoms. The largest absolute Gasteiger partial charge is 0.481 e. The van der Waals surface area contributed by atoms with Gasteiger partial charge in [0.15, 0.2) is 5.60 Å². The molecule has 9 nitrogen and oxygen atoms in total. The van der Waals surface area contributed by atoms with Crippen molar-refractivity contribution in [1.82, 2.24) is 4.90 Å². The molecule has 0 spiro atoms. The summed E-state index contributed by atoms with van der Waals surface area (Å²) in [5, 5.41) is 45.6. The van der Waals surface area contributed by atoms with Crippen LogP contribution in [-0.4, -0.2) is 66.6 Å². The van der Waals surface area contributed by atoms with Gasteiger partial charge in [0.2, 0.25) is 0 Å². The van der Waals surface area contributed by atoms with Crippen LogP contribution in [0.4, 0.5) is 0 Å². The second-order valence-electron chi connectivity index (χ2n) is 7.54. The van der Waals surface area contributed by atoms with Crippen LogP contribution in [0.5, 0.6) is 0 Å². The molecule has 0 saturated heterocycles. The number of aliphatic carboxylic acids is 3. The summed E-state index contributed by atoms with van der Waals surface area (Å²) in [6, 6.07) is 6.52. The van der Waals surface area contributed by atoms with Gasteiger partial charge in [-0.1, -0.05) is 0 Å². The first kappa shape index (κ1) is 27.7. The van der Waals surface area contributed by atoms with Gasteiger partial charge < -0.3 is 25.5 Å². The van der Waals surface area contributed by atoms with Crippen molar-refractivity contribution in [1.29, 1.82) is 0 Å². The van der Waals surface area contributed by atoms with Crippen LogP contribution < -0.4 is 0 Å². The lowest BCUT2D eigenvalue weighted by Crippen LogP contribution is -2.42. The molecule has 0 amide bonds. The lowest BCUT2D eigenvalue weighted by molar-refractivity contribution is -0.170. The van der Waals surface area contributed by atoms with Gasteiger partial charge in [0, 0.05) is 34.3 Å². The smallest absolute Gasteiger partial charge is 0.336 e. The molecule has 2 heterocycles. The summed E-state index contributed by atoms with van der Waals surface area (Å²) in [6.07, 6.45) is -2.58. The van der Waals surface area contributed by atoms with Crippen molar-refractivity contribution in [2.45, 2.75) is 58.4 Å². The van der Waals surface area contributed by atoms with E-state index in [1.54, 1.807) is 11.3 Å². The summed E-state index contributed by atoms with van der Waals surface area (Å²) in [7, 11) is 0. The predicted molar refractivity (Wildman–Crippen MR) is 121 cm³/mol. The molecule has 0 aliphatic rings. The summed E-state index contributed by atoms with van der Waals surface area (Å²) in [4.78, 5) is 36.9. The summed E-state index contributed by atoms with van der Waals surface area (Å²) in [5.74, 6) is -5.02. The Morgan fingerprint density at radius 3 is 2.00 bits per heavy atom. The SMILES string of the molecule is Cc1ccc(CN(Cc2sccc2C)CC(C)O)s1.O=C(O)CC(O)(CC(=O)O)C(=O)O. The third-order valence-corrected chi connectivity index (χ3v) is 6.31. The second kappa shape index (κ2) is 12.7. The molecule has 1 unspecified atom stereocenters.